The molecule has 0 bridgehead atoms. The van der Waals surface area contributed by atoms with E-state index in [-0.39, 0.29) is 17.8 Å². The molecule has 3 aromatic rings. The third-order valence-corrected chi connectivity index (χ3v) is 5.27. The van der Waals surface area contributed by atoms with E-state index in [9.17, 15) is 9.18 Å². The fourth-order valence-electron chi connectivity index (χ4n) is 3.71. The Morgan fingerprint density at radius 3 is 3.07 bits per heavy atom. The SMILES string of the molecule is O=C(c1ccc(F)cc1O[C@@H]1CCNC1)N1Cc2nn3cc(Cl)cnc3c2C1. The van der Waals surface area contributed by atoms with Crippen molar-refractivity contribution in [3.05, 3.63) is 58.3 Å². The number of aromatic nitrogens is 3. The molecule has 2 aliphatic heterocycles. The largest absolute Gasteiger partial charge is 0.488 e. The molecule has 28 heavy (non-hydrogen) atoms. The Hall–Kier alpha value is -2.71. The molecule has 1 aromatic carbocycles. The van der Waals surface area contributed by atoms with Gasteiger partial charge in [-0.15, -0.1) is 0 Å². The van der Waals surface area contributed by atoms with Crippen LogP contribution in [0.4, 0.5) is 4.39 Å². The molecule has 0 radical (unpaired) electrons. The maximum absolute atomic E-state index is 13.8. The maximum Gasteiger partial charge on any atom is 0.258 e. The summed E-state index contributed by atoms with van der Waals surface area (Å²) in [5.74, 6) is -0.366. The van der Waals surface area contributed by atoms with Gasteiger partial charge in [0.2, 0.25) is 0 Å². The summed E-state index contributed by atoms with van der Waals surface area (Å²) in [6.45, 7) is 2.28. The van der Waals surface area contributed by atoms with Crippen molar-refractivity contribution in [2.24, 2.45) is 0 Å². The molecule has 0 aliphatic carbocycles. The van der Waals surface area contributed by atoms with Crippen molar-refractivity contribution in [3.8, 4) is 5.75 Å². The van der Waals surface area contributed by atoms with E-state index in [1.807, 2.05) is 0 Å². The zero-order valence-electron chi connectivity index (χ0n) is 14.9. The van der Waals surface area contributed by atoms with Crippen molar-refractivity contribution >= 4 is 23.2 Å². The topological polar surface area (TPSA) is 71.8 Å². The number of amides is 1. The number of nitrogens with one attached hydrogen (secondary N) is 1. The molecule has 1 N–H and O–H groups in total. The molecule has 0 unspecified atom stereocenters. The Morgan fingerprint density at radius 2 is 2.25 bits per heavy atom. The number of nitrogens with zero attached hydrogens (tertiary/aromatic N) is 4. The first-order chi connectivity index (χ1) is 13.6. The summed E-state index contributed by atoms with van der Waals surface area (Å²) in [6, 6.07) is 4.04. The Kier molecular flexibility index (Phi) is 4.17. The van der Waals surface area contributed by atoms with Crippen LogP contribution in [0.15, 0.2) is 30.6 Å². The predicted molar refractivity (Wildman–Crippen MR) is 99.9 cm³/mol. The molecule has 1 amide bonds. The average Bonchev–Trinajstić information content (AvgIpc) is 3.37. The first kappa shape index (κ1) is 17.4. The van der Waals surface area contributed by atoms with Gasteiger partial charge in [0.15, 0.2) is 5.65 Å². The van der Waals surface area contributed by atoms with Crippen molar-refractivity contribution < 1.29 is 13.9 Å². The minimum Gasteiger partial charge on any atom is -0.488 e. The summed E-state index contributed by atoms with van der Waals surface area (Å²) in [5.41, 5.74) is 2.72. The monoisotopic (exact) mass is 401 g/mol. The van der Waals surface area contributed by atoms with Gasteiger partial charge >= 0.3 is 0 Å². The highest BCUT2D eigenvalue weighted by molar-refractivity contribution is 6.30. The van der Waals surface area contributed by atoms with Crippen LogP contribution in [0.25, 0.3) is 5.65 Å². The number of ether oxygens (including phenoxy) is 1. The Morgan fingerprint density at radius 1 is 1.36 bits per heavy atom. The summed E-state index contributed by atoms with van der Waals surface area (Å²) in [6.07, 6.45) is 4.01. The molecule has 1 atom stereocenters. The number of benzene rings is 1. The molecule has 1 fully saturated rings. The van der Waals surface area contributed by atoms with Crippen LogP contribution in [0, 0.1) is 5.82 Å². The van der Waals surface area contributed by atoms with Gasteiger partial charge in [0.1, 0.15) is 17.7 Å². The smallest absolute Gasteiger partial charge is 0.258 e. The van der Waals surface area contributed by atoms with Crippen LogP contribution in [0.3, 0.4) is 0 Å². The normalized spacial score (nSPS) is 18.6. The number of rotatable bonds is 3. The molecule has 2 aliphatic rings. The van der Waals surface area contributed by atoms with Crippen LogP contribution in [0.1, 0.15) is 28.0 Å². The van der Waals surface area contributed by atoms with Crippen molar-refractivity contribution in [3.63, 3.8) is 0 Å². The van der Waals surface area contributed by atoms with Gasteiger partial charge < -0.3 is 15.0 Å². The van der Waals surface area contributed by atoms with E-state index in [2.05, 4.69) is 15.4 Å². The minimum atomic E-state index is -0.430. The zero-order chi connectivity index (χ0) is 19.3. The van der Waals surface area contributed by atoms with E-state index in [0.29, 0.717) is 35.9 Å². The van der Waals surface area contributed by atoms with E-state index >= 15 is 0 Å². The van der Waals surface area contributed by atoms with Crippen LogP contribution in [0.5, 0.6) is 5.75 Å². The highest BCUT2D eigenvalue weighted by atomic mass is 35.5. The zero-order valence-corrected chi connectivity index (χ0v) is 15.6. The van der Waals surface area contributed by atoms with Gasteiger partial charge in [-0.25, -0.2) is 13.9 Å². The number of carbonyl (C=O) groups excluding carboxylic acids is 1. The predicted octanol–water partition coefficient (Wildman–Crippen LogP) is 2.42. The number of halogens is 2. The van der Waals surface area contributed by atoms with E-state index < -0.39 is 5.82 Å². The van der Waals surface area contributed by atoms with Crippen LogP contribution in [-0.4, -0.2) is 44.6 Å². The highest BCUT2D eigenvalue weighted by Crippen LogP contribution is 2.30. The first-order valence-corrected chi connectivity index (χ1v) is 9.44. The fourth-order valence-corrected chi connectivity index (χ4v) is 3.86. The van der Waals surface area contributed by atoms with Gasteiger partial charge in [0, 0.05) is 24.4 Å². The fraction of sp³-hybridized carbons (Fsp3) is 0.316. The average molecular weight is 402 g/mol. The number of hydrogen-bond acceptors (Lipinski definition) is 5. The minimum absolute atomic E-state index is 0.0673. The van der Waals surface area contributed by atoms with Gasteiger partial charge in [0.05, 0.1) is 35.6 Å². The molecular formula is C19H17ClFN5O2. The lowest BCUT2D eigenvalue weighted by Crippen LogP contribution is -2.28. The van der Waals surface area contributed by atoms with Gasteiger partial charge in [0.25, 0.3) is 5.91 Å². The van der Waals surface area contributed by atoms with Crippen molar-refractivity contribution in [1.82, 2.24) is 24.8 Å². The summed E-state index contributed by atoms with van der Waals surface area (Å²) in [7, 11) is 0. The lowest BCUT2D eigenvalue weighted by molar-refractivity contribution is 0.0742. The second-order valence-electron chi connectivity index (χ2n) is 7.00. The highest BCUT2D eigenvalue weighted by Gasteiger charge is 2.31. The number of carbonyl (C=O) groups is 1. The Bertz CT molecular complexity index is 1080. The van der Waals surface area contributed by atoms with Crippen molar-refractivity contribution in [2.75, 3.05) is 13.1 Å². The molecular weight excluding hydrogens is 385 g/mol. The molecule has 7 nitrogen and oxygen atoms in total. The van der Waals surface area contributed by atoms with Crippen LogP contribution in [-0.2, 0) is 13.1 Å². The van der Waals surface area contributed by atoms with Gasteiger partial charge in [-0.3, -0.25) is 4.79 Å². The summed E-state index contributed by atoms with van der Waals surface area (Å²) < 4.78 is 21.3. The standard InChI is InChI=1S/C19H17ClFN5O2/c20-11-6-23-18-15-9-25(10-16(15)24-26(18)8-11)19(27)14-2-1-12(21)5-17(14)28-13-3-4-22-7-13/h1-2,5-6,8,13,22H,3-4,7,9-10H2/t13-/m1/s1. The lowest BCUT2D eigenvalue weighted by Gasteiger charge is -2.20. The van der Waals surface area contributed by atoms with Gasteiger partial charge in [-0.2, -0.15) is 5.10 Å². The van der Waals surface area contributed by atoms with E-state index in [1.54, 1.807) is 21.8 Å². The van der Waals surface area contributed by atoms with E-state index in [1.165, 1.54) is 18.2 Å². The maximum atomic E-state index is 13.8. The second kappa shape index (κ2) is 6.72. The summed E-state index contributed by atoms with van der Waals surface area (Å²) in [5, 5.41) is 8.17. The Labute approximate surface area is 165 Å². The summed E-state index contributed by atoms with van der Waals surface area (Å²) in [4.78, 5) is 19.1. The molecule has 9 heteroatoms. The quantitative estimate of drug-likeness (QED) is 0.729. The van der Waals surface area contributed by atoms with Gasteiger partial charge in [-0.05, 0) is 25.1 Å². The molecule has 144 valence electrons. The molecule has 0 spiro atoms. The number of hydrogen-bond donors (Lipinski definition) is 1. The molecule has 4 heterocycles. The number of fused-ring (bicyclic) bond motifs is 3. The van der Waals surface area contributed by atoms with Crippen LogP contribution < -0.4 is 10.1 Å². The van der Waals surface area contributed by atoms with E-state index in [4.69, 9.17) is 16.3 Å². The summed E-state index contributed by atoms with van der Waals surface area (Å²) >= 11 is 5.96. The van der Waals surface area contributed by atoms with Gasteiger partial charge in [-0.1, -0.05) is 11.6 Å². The molecule has 1 saturated heterocycles. The van der Waals surface area contributed by atoms with Crippen LogP contribution in [0.2, 0.25) is 5.02 Å². The molecule has 5 rings (SSSR count). The Balaban J connectivity index is 1.42. The molecule has 2 aromatic heterocycles. The molecule has 0 saturated carbocycles. The third kappa shape index (κ3) is 2.98. The van der Waals surface area contributed by atoms with Crippen molar-refractivity contribution in [1.29, 1.82) is 0 Å². The van der Waals surface area contributed by atoms with E-state index in [0.717, 1.165) is 24.2 Å². The van der Waals surface area contributed by atoms with Crippen molar-refractivity contribution in [2.45, 2.75) is 25.6 Å². The first-order valence-electron chi connectivity index (χ1n) is 9.06. The lowest BCUT2D eigenvalue weighted by atomic mass is 10.1. The second-order valence-corrected chi connectivity index (χ2v) is 7.44. The third-order valence-electron chi connectivity index (χ3n) is 5.08. The van der Waals surface area contributed by atoms with Crippen LogP contribution >= 0.6 is 11.6 Å².